The molecule has 1 heterocycles. The Balaban J connectivity index is 2.40. The molecule has 5 nitrogen and oxygen atoms in total. The van der Waals surface area contributed by atoms with Crippen molar-refractivity contribution in [3.63, 3.8) is 0 Å². The van der Waals surface area contributed by atoms with E-state index in [1.807, 2.05) is 20.8 Å². The highest BCUT2D eigenvalue weighted by Crippen LogP contribution is 2.43. The zero-order valence-electron chi connectivity index (χ0n) is 11.2. The summed E-state index contributed by atoms with van der Waals surface area (Å²) in [5.41, 5.74) is -1.54. The van der Waals surface area contributed by atoms with Crippen LogP contribution in [0.1, 0.15) is 52.9 Å². The number of rotatable bonds is 2. The van der Waals surface area contributed by atoms with Crippen molar-refractivity contribution in [2.75, 3.05) is 0 Å². The van der Waals surface area contributed by atoms with E-state index in [0.717, 1.165) is 12.8 Å². The van der Waals surface area contributed by atoms with Crippen LogP contribution >= 0.6 is 0 Å². The average molecular weight is 252 g/mol. The minimum Gasteiger partial charge on any atom is -0.277 e. The van der Waals surface area contributed by atoms with E-state index in [9.17, 15) is 14.4 Å². The molecule has 0 aromatic carbocycles. The molecule has 0 aromatic heterocycles. The van der Waals surface area contributed by atoms with Crippen LogP contribution in [0, 0.1) is 5.41 Å². The summed E-state index contributed by atoms with van der Waals surface area (Å²) in [5, 5.41) is 2.36. The molecule has 2 rings (SSSR count). The van der Waals surface area contributed by atoms with Gasteiger partial charge < -0.3 is 0 Å². The molecule has 2 fully saturated rings. The second-order valence-electron chi connectivity index (χ2n) is 5.86. The van der Waals surface area contributed by atoms with Crippen molar-refractivity contribution < 1.29 is 14.4 Å². The number of amides is 4. The Bertz CT molecular complexity index is 408. The second-order valence-corrected chi connectivity index (χ2v) is 5.86. The minimum atomic E-state index is -0.986. The van der Waals surface area contributed by atoms with Crippen LogP contribution in [-0.4, -0.2) is 28.3 Å². The number of hydrogen-bond acceptors (Lipinski definition) is 3. The van der Waals surface area contributed by atoms with Crippen LogP contribution in [0.15, 0.2) is 0 Å². The lowest BCUT2D eigenvalue weighted by Gasteiger charge is -2.44. The molecule has 100 valence electrons. The van der Waals surface area contributed by atoms with Gasteiger partial charge in [0, 0.05) is 5.54 Å². The fourth-order valence-corrected chi connectivity index (χ4v) is 2.80. The third-order valence-corrected chi connectivity index (χ3v) is 4.40. The number of urea groups is 1. The van der Waals surface area contributed by atoms with Gasteiger partial charge >= 0.3 is 6.03 Å². The molecule has 0 aromatic rings. The molecule has 1 aliphatic heterocycles. The Morgan fingerprint density at radius 1 is 1.22 bits per heavy atom. The maximum absolute atomic E-state index is 12.6. The van der Waals surface area contributed by atoms with Gasteiger partial charge in [0.1, 0.15) is 5.41 Å². The average Bonchev–Trinajstić information content (AvgIpc) is 2.77. The monoisotopic (exact) mass is 252 g/mol. The summed E-state index contributed by atoms with van der Waals surface area (Å²) in [6.07, 6.45) is 3.51. The number of nitrogens with one attached hydrogen (secondary N) is 1. The van der Waals surface area contributed by atoms with E-state index in [2.05, 4.69) is 5.32 Å². The highest BCUT2D eigenvalue weighted by molar-refractivity contribution is 6.19. The second kappa shape index (κ2) is 4.07. The quantitative estimate of drug-likeness (QED) is 0.762. The lowest BCUT2D eigenvalue weighted by molar-refractivity contribution is -0.154. The first-order valence-corrected chi connectivity index (χ1v) is 6.55. The number of nitrogens with zero attached hydrogens (tertiary/aromatic N) is 1. The van der Waals surface area contributed by atoms with Crippen LogP contribution in [0.2, 0.25) is 0 Å². The molecule has 0 unspecified atom stereocenters. The number of hydrogen-bond donors (Lipinski definition) is 1. The van der Waals surface area contributed by atoms with E-state index in [4.69, 9.17) is 0 Å². The highest BCUT2D eigenvalue weighted by atomic mass is 16.2. The molecule has 18 heavy (non-hydrogen) atoms. The molecular formula is C13H20N2O3. The van der Waals surface area contributed by atoms with Gasteiger partial charge in [-0.1, -0.05) is 19.8 Å². The fraction of sp³-hybridized carbons (Fsp3) is 0.769. The number of imide groups is 2. The van der Waals surface area contributed by atoms with Crippen molar-refractivity contribution in [2.45, 2.75) is 58.4 Å². The van der Waals surface area contributed by atoms with Crippen LogP contribution in [0.3, 0.4) is 0 Å². The van der Waals surface area contributed by atoms with Crippen LogP contribution < -0.4 is 5.32 Å². The molecule has 1 spiro atoms. The summed E-state index contributed by atoms with van der Waals surface area (Å²) < 4.78 is 0. The van der Waals surface area contributed by atoms with Gasteiger partial charge in [0.2, 0.25) is 11.8 Å². The number of carbonyl (C=O) groups excluding carboxylic acids is 3. The van der Waals surface area contributed by atoms with Crippen molar-refractivity contribution in [1.29, 1.82) is 0 Å². The third kappa shape index (κ3) is 1.64. The molecule has 1 saturated carbocycles. The van der Waals surface area contributed by atoms with Gasteiger partial charge in [-0.15, -0.1) is 0 Å². The van der Waals surface area contributed by atoms with Crippen molar-refractivity contribution in [3.05, 3.63) is 0 Å². The Morgan fingerprint density at radius 3 is 2.28 bits per heavy atom. The summed E-state index contributed by atoms with van der Waals surface area (Å²) >= 11 is 0. The van der Waals surface area contributed by atoms with E-state index in [-0.39, 0.29) is 5.91 Å². The molecule has 1 aliphatic carbocycles. The molecule has 1 N–H and O–H groups in total. The van der Waals surface area contributed by atoms with E-state index in [0.29, 0.717) is 19.3 Å². The summed E-state index contributed by atoms with van der Waals surface area (Å²) in [5.74, 6) is -0.709. The van der Waals surface area contributed by atoms with Gasteiger partial charge in [0.05, 0.1) is 0 Å². The fourth-order valence-electron chi connectivity index (χ4n) is 2.80. The Kier molecular flexibility index (Phi) is 2.95. The van der Waals surface area contributed by atoms with Crippen molar-refractivity contribution >= 4 is 17.8 Å². The minimum absolute atomic E-state index is 0.305. The molecule has 1 saturated heterocycles. The van der Waals surface area contributed by atoms with Crippen LogP contribution in [0.5, 0.6) is 0 Å². The number of carbonyl (C=O) groups is 3. The first-order chi connectivity index (χ1) is 8.35. The largest absolute Gasteiger partial charge is 0.331 e. The van der Waals surface area contributed by atoms with Gasteiger partial charge in [-0.05, 0) is 33.1 Å². The summed E-state index contributed by atoms with van der Waals surface area (Å²) in [7, 11) is 0. The summed E-state index contributed by atoms with van der Waals surface area (Å²) in [4.78, 5) is 37.8. The Labute approximate surface area is 107 Å². The SMILES string of the molecule is CCC(C)(C)N1C(=O)NC(=O)C2(CCCC2)C1=O. The van der Waals surface area contributed by atoms with Gasteiger partial charge in [0.25, 0.3) is 0 Å². The van der Waals surface area contributed by atoms with Crippen molar-refractivity contribution in [3.8, 4) is 0 Å². The molecular weight excluding hydrogens is 232 g/mol. The van der Waals surface area contributed by atoms with Gasteiger partial charge in [-0.3, -0.25) is 19.8 Å². The number of barbiturate groups is 1. The topological polar surface area (TPSA) is 66.5 Å². The lowest BCUT2D eigenvalue weighted by atomic mass is 9.80. The normalized spacial score (nSPS) is 23.7. The van der Waals surface area contributed by atoms with E-state index >= 15 is 0 Å². The molecule has 0 atom stereocenters. The maximum Gasteiger partial charge on any atom is 0.331 e. The first-order valence-electron chi connectivity index (χ1n) is 6.55. The first kappa shape index (κ1) is 13.1. The summed E-state index contributed by atoms with van der Waals surface area (Å²) in [6, 6.07) is -0.575. The van der Waals surface area contributed by atoms with Gasteiger partial charge in [-0.2, -0.15) is 0 Å². The van der Waals surface area contributed by atoms with Crippen LogP contribution in [0.4, 0.5) is 4.79 Å². The smallest absolute Gasteiger partial charge is 0.277 e. The van der Waals surface area contributed by atoms with Crippen LogP contribution in [-0.2, 0) is 9.59 Å². The summed E-state index contributed by atoms with van der Waals surface area (Å²) in [6.45, 7) is 5.63. The maximum atomic E-state index is 12.6. The predicted molar refractivity (Wildman–Crippen MR) is 65.7 cm³/mol. The molecule has 0 bridgehead atoms. The molecule has 2 aliphatic rings. The standard InChI is InChI=1S/C13H20N2O3/c1-4-12(2,3)15-10(17)13(7-5-6-8-13)9(16)14-11(15)18/h4-8H2,1-3H3,(H,14,16,18). The van der Waals surface area contributed by atoms with E-state index in [1.54, 1.807) is 0 Å². The van der Waals surface area contributed by atoms with Gasteiger partial charge in [0.15, 0.2) is 0 Å². The molecule has 0 radical (unpaired) electrons. The van der Waals surface area contributed by atoms with Gasteiger partial charge in [-0.25, -0.2) is 4.79 Å². The molecule has 5 heteroatoms. The highest BCUT2D eigenvalue weighted by Gasteiger charge is 2.57. The Morgan fingerprint density at radius 2 is 1.78 bits per heavy atom. The van der Waals surface area contributed by atoms with Crippen molar-refractivity contribution in [1.82, 2.24) is 10.2 Å². The van der Waals surface area contributed by atoms with Crippen LogP contribution in [0.25, 0.3) is 0 Å². The van der Waals surface area contributed by atoms with Crippen molar-refractivity contribution in [2.24, 2.45) is 5.41 Å². The molecule has 4 amide bonds. The zero-order chi connectivity index (χ0) is 13.6. The van der Waals surface area contributed by atoms with E-state index < -0.39 is 22.9 Å². The Hall–Kier alpha value is -1.39. The third-order valence-electron chi connectivity index (χ3n) is 4.40. The predicted octanol–water partition coefficient (Wildman–Crippen LogP) is 1.81. The zero-order valence-corrected chi connectivity index (χ0v) is 11.2. The van der Waals surface area contributed by atoms with E-state index in [1.165, 1.54) is 4.90 Å². The lowest BCUT2D eigenvalue weighted by Crippen LogP contribution is -2.67.